The molecule has 1 aliphatic rings. The lowest BCUT2D eigenvalue weighted by molar-refractivity contribution is -0.137. The molecule has 0 bridgehead atoms. The summed E-state index contributed by atoms with van der Waals surface area (Å²) in [5, 5.41) is 2.52. The number of ether oxygens (including phenoxy) is 1. The summed E-state index contributed by atoms with van der Waals surface area (Å²) in [5.74, 6) is -0.456. The number of hydrogen-bond donors (Lipinski definition) is 1. The van der Waals surface area contributed by atoms with E-state index in [0.717, 1.165) is 43.5 Å². The Hall–Kier alpha value is -2.59. The van der Waals surface area contributed by atoms with Gasteiger partial charge in [-0.2, -0.15) is 17.5 Å². The number of piperidine rings is 1. The number of nitrogens with zero attached hydrogens (tertiary/aromatic N) is 1. The van der Waals surface area contributed by atoms with Crippen molar-refractivity contribution in [2.24, 2.45) is 0 Å². The van der Waals surface area contributed by atoms with Crippen LogP contribution in [0.1, 0.15) is 35.2 Å². The summed E-state index contributed by atoms with van der Waals surface area (Å²) in [6.45, 7) is 0.864. The van der Waals surface area contributed by atoms with Crippen molar-refractivity contribution in [2.45, 2.75) is 30.3 Å². The number of sulfonamides is 1. The Balaban J connectivity index is 1.86. The van der Waals surface area contributed by atoms with E-state index >= 15 is 0 Å². The lowest BCUT2D eigenvalue weighted by Crippen LogP contribution is -2.35. The first-order valence-electron chi connectivity index (χ1n) is 9.30. The monoisotopic (exact) mass is 442 g/mol. The zero-order valence-corrected chi connectivity index (χ0v) is 17.0. The maximum atomic E-state index is 12.9. The molecule has 30 heavy (non-hydrogen) atoms. The second-order valence-corrected chi connectivity index (χ2v) is 8.79. The molecule has 1 heterocycles. The Kier molecular flexibility index (Phi) is 6.37. The number of anilines is 1. The van der Waals surface area contributed by atoms with E-state index in [9.17, 15) is 26.4 Å². The third-order valence-corrected chi connectivity index (χ3v) is 6.74. The first-order chi connectivity index (χ1) is 14.1. The minimum atomic E-state index is -4.50. The quantitative estimate of drug-likeness (QED) is 0.755. The third-order valence-electron chi connectivity index (χ3n) is 4.85. The molecule has 2 aromatic rings. The van der Waals surface area contributed by atoms with Crippen LogP contribution in [0.25, 0.3) is 0 Å². The molecule has 2 aromatic carbocycles. The fourth-order valence-electron chi connectivity index (χ4n) is 3.20. The molecule has 3 rings (SSSR count). The number of hydrogen-bond acceptors (Lipinski definition) is 4. The van der Waals surface area contributed by atoms with Gasteiger partial charge >= 0.3 is 6.18 Å². The standard InChI is InChI=1S/C20H21F3N2O4S/c1-29-18-10-9-16(30(27,28)25-11-3-2-4-12-25)13-17(18)24-19(26)14-5-7-15(8-6-14)20(21,22)23/h5-10,13H,2-4,11-12H2,1H3,(H,24,26). The number of carbonyl (C=O) groups is 1. The summed E-state index contributed by atoms with van der Waals surface area (Å²) < 4.78 is 70.5. The van der Waals surface area contributed by atoms with Crippen LogP contribution >= 0.6 is 0 Å². The van der Waals surface area contributed by atoms with Gasteiger partial charge in [-0.15, -0.1) is 0 Å². The lowest BCUT2D eigenvalue weighted by atomic mass is 10.1. The van der Waals surface area contributed by atoms with E-state index in [4.69, 9.17) is 4.74 Å². The van der Waals surface area contributed by atoms with Crippen LogP contribution in [0.5, 0.6) is 5.75 Å². The highest BCUT2D eigenvalue weighted by Crippen LogP contribution is 2.31. The zero-order chi connectivity index (χ0) is 21.9. The van der Waals surface area contributed by atoms with E-state index in [1.54, 1.807) is 0 Å². The minimum Gasteiger partial charge on any atom is -0.495 e. The summed E-state index contributed by atoms with van der Waals surface area (Å²) in [4.78, 5) is 12.5. The van der Waals surface area contributed by atoms with Crippen LogP contribution in [-0.4, -0.2) is 38.8 Å². The first-order valence-corrected chi connectivity index (χ1v) is 10.7. The average molecular weight is 442 g/mol. The molecule has 6 nitrogen and oxygen atoms in total. The van der Waals surface area contributed by atoms with Gasteiger partial charge in [-0.25, -0.2) is 8.42 Å². The van der Waals surface area contributed by atoms with E-state index in [1.807, 2.05) is 0 Å². The maximum absolute atomic E-state index is 12.9. The largest absolute Gasteiger partial charge is 0.495 e. The molecular weight excluding hydrogens is 421 g/mol. The summed E-state index contributed by atoms with van der Waals surface area (Å²) in [7, 11) is -2.37. The minimum absolute atomic E-state index is 0.00524. The van der Waals surface area contributed by atoms with Gasteiger partial charge in [0.2, 0.25) is 10.0 Å². The van der Waals surface area contributed by atoms with E-state index in [0.29, 0.717) is 13.1 Å². The van der Waals surface area contributed by atoms with Crippen LogP contribution in [-0.2, 0) is 16.2 Å². The van der Waals surface area contributed by atoms with Crippen LogP contribution < -0.4 is 10.1 Å². The van der Waals surface area contributed by atoms with Gasteiger partial charge in [0.25, 0.3) is 5.91 Å². The Morgan fingerprint density at radius 2 is 1.67 bits per heavy atom. The van der Waals surface area contributed by atoms with Gasteiger partial charge < -0.3 is 10.1 Å². The summed E-state index contributed by atoms with van der Waals surface area (Å²) in [6.07, 6.45) is -1.96. The van der Waals surface area contributed by atoms with Gasteiger partial charge in [0.05, 0.1) is 23.3 Å². The van der Waals surface area contributed by atoms with Gasteiger partial charge in [-0.05, 0) is 55.3 Å². The molecule has 0 radical (unpaired) electrons. The number of alkyl halides is 3. The second kappa shape index (κ2) is 8.65. The molecule has 0 aromatic heterocycles. The van der Waals surface area contributed by atoms with Crippen molar-refractivity contribution >= 4 is 21.6 Å². The van der Waals surface area contributed by atoms with Crippen LogP contribution in [0.3, 0.4) is 0 Å². The number of amides is 1. The maximum Gasteiger partial charge on any atom is 0.416 e. The van der Waals surface area contributed by atoms with Crippen LogP contribution in [0.2, 0.25) is 0 Å². The predicted octanol–water partition coefficient (Wildman–Crippen LogP) is 4.14. The molecule has 1 aliphatic heterocycles. The molecule has 1 saturated heterocycles. The second-order valence-electron chi connectivity index (χ2n) is 6.86. The smallest absolute Gasteiger partial charge is 0.416 e. The summed E-state index contributed by atoms with van der Waals surface area (Å²) in [5.41, 5.74) is -0.763. The zero-order valence-electron chi connectivity index (χ0n) is 16.2. The Morgan fingerprint density at radius 1 is 1.03 bits per heavy atom. The fraction of sp³-hybridized carbons (Fsp3) is 0.350. The average Bonchev–Trinajstić information content (AvgIpc) is 2.73. The van der Waals surface area contributed by atoms with Crippen molar-refractivity contribution in [2.75, 3.05) is 25.5 Å². The molecule has 0 spiro atoms. The number of rotatable bonds is 5. The molecule has 0 unspecified atom stereocenters. The molecule has 10 heteroatoms. The summed E-state index contributed by atoms with van der Waals surface area (Å²) >= 11 is 0. The predicted molar refractivity (Wildman–Crippen MR) is 105 cm³/mol. The Morgan fingerprint density at radius 3 is 2.23 bits per heavy atom. The lowest BCUT2D eigenvalue weighted by Gasteiger charge is -2.26. The Bertz CT molecular complexity index is 1020. The van der Waals surface area contributed by atoms with E-state index in [2.05, 4.69) is 5.32 Å². The highest BCUT2D eigenvalue weighted by atomic mass is 32.2. The molecule has 162 valence electrons. The van der Waals surface area contributed by atoms with Crippen molar-refractivity contribution in [1.82, 2.24) is 4.31 Å². The van der Waals surface area contributed by atoms with Crippen LogP contribution in [0.15, 0.2) is 47.4 Å². The normalized spacial score (nSPS) is 15.6. The highest BCUT2D eigenvalue weighted by molar-refractivity contribution is 7.89. The van der Waals surface area contributed by atoms with E-state index in [1.165, 1.54) is 29.6 Å². The van der Waals surface area contributed by atoms with Crippen LogP contribution in [0.4, 0.5) is 18.9 Å². The molecule has 0 atom stereocenters. The molecule has 1 fully saturated rings. The number of methoxy groups -OCH3 is 1. The number of carbonyl (C=O) groups excluding carboxylic acids is 1. The van der Waals surface area contributed by atoms with Gasteiger partial charge in [0.1, 0.15) is 5.75 Å². The third kappa shape index (κ3) is 4.76. The molecule has 0 aliphatic carbocycles. The topological polar surface area (TPSA) is 75.7 Å². The van der Waals surface area contributed by atoms with E-state index < -0.39 is 27.7 Å². The van der Waals surface area contributed by atoms with Crippen molar-refractivity contribution in [3.8, 4) is 5.75 Å². The van der Waals surface area contributed by atoms with Crippen molar-refractivity contribution in [1.29, 1.82) is 0 Å². The molecule has 1 N–H and O–H groups in total. The van der Waals surface area contributed by atoms with Crippen molar-refractivity contribution in [3.05, 3.63) is 53.6 Å². The van der Waals surface area contributed by atoms with Crippen LogP contribution in [0, 0.1) is 0 Å². The SMILES string of the molecule is COc1ccc(S(=O)(=O)N2CCCCC2)cc1NC(=O)c1ccc(C(F)(F)F)cc1. The number of nitrogens with one attached hydrogen (secondary N) is 1. The van der Waals surface area contributed by atoms with Gasteiger partial charge in [-0.1, -0.05) is 6.42 Å². The van der Waals surface area contributed by atoms with Gasteiger partial charge in [0, 0.05) is 18.7 Å². The molecular formula is C20H21F3N2O4S. The van der Waals surface area contributed by atoms with Gasteiger partial charge in [0.15, 0.2) is 0 Å². The molecule has 0 saturated carbocycles. The Labute approximate surface area is 172 Å². The fourth-order valence-corrected chi connectivity index (χ4v) is 4.75. The summed E-state index contributed by atoms with van der Waals surface area (Å²) in [6, 6.07) is 7.85. The van der Waals surface area contributed by atoms with Gasteiger partial charge in [-0.3, -0.25) is 4.79 Å². The number of halogens is 3. The first kappa shape index (κ1) is 22.1. The van der Waals surface area contributed by atoms with E-state index in [-0.39, 0.29) is 21.9 Å². The molecule has 1 amide bonds. The van der Waals surface area contributed by atoms with Crippen molar-refractivity contribution < 1.29 is 31.1 Å². The highest BCUT2D eigenvalue weighted by Gasteiger charge is 2.30. The van der Waals surface area contributed by atoms with Crippen molar-refractivity contribution in [3.63, 3.8) is 0 Å². The number of benzene rings is 2.